The molecule has 0 amide bonds. The van der Waals surface area contributed by atoms with E-state index < -0.39 is 97.2 Å². The molecule has 18 nitrogen and oxygen atoms in total. The van der Waals surface area contributed by atoms with Crippen LogP contribution in [0.4, 0.5) is 0 Å². The van der Waals surface area contributed by atoms with Crippen molar-refractivity contribution in [3.8, 4) is 23.0 Å². The van der Waals surface area contributed by atoms with Crippen molar-refractivity contribution < 1.29 is 81.0 Å². The number of rotatable bonds is 14. The molecule has 0 spiro atoms. The van der Waals surface area contributed by atoms with Crippen molar-refractivity contribution in [1.29, 1.82) is 0 Å². The van der Waals surface area contributed by atoms with Crippen LogP contribution in [0.1, 0.15) is 58.4 Å². The summed E-state index contributed by atoms with van der Waals surface area (Å²) in [5, 5.41) is 23.5. The molecular formula is C36H40O18S4. The van der Waals surface area contributed by atoms with E-state index in [1.807, 2.05) is 0 Å². The highest BCUT2D eigenvalue weighted by molar-refractivity contribution is 7.86. The van der Waals surface area contributed by atoms with Gasteiger partial charge in [-0.3, -0.25) is 18.2 Å². The zero-order valence-corrected chi connectivity index (χ0v) is 34.2. The highest BCUT2D eigenvalue weighted by Crippen LogP contribution is 2.41. The first kappa shape index (κ1) is 44.7. The highest BCUT2D eigenvalue weighted by atomic mass is 32.2. The van der Waals surface area contributed by atoms with Gasteiger partial charge in [0, 0.05) is 83.4 Å². The highest BCUT2D eigenvalue weighted by Gasteiger charge is 2.28. The largest absolute Gasteiger partial charge is 0.507 e. The SMILES string of the molecule is CCOCCOc1c2cc(S(=O)(=O)O)cc1Cc1cc(S(=O)(=O)O)cc(c1O)Cc1cc(S(=O)(=O)O)cc(c1OCCOCC)Cc1cc(S(=O)(=O)O)cc(c1O)C2. The zero-order chi connectivity index (χ0) is 42.8. The van der Waals surface area contributed by atoms with Crippen LogP contribution in [-0.2, 0) is 75.6 Å². The topological polar surface area (TPSA) is 295 Å². The van der Waals surface area contributed by atoms with E-state index in [-0.39, 0.29) is 95.6 Å². The average molecular weight is 889 g/mol. The maximum Gasteiger partial charge on any atom is 0.294 e. The Labute approximate surface area is 335 Å². The fraction of sp³-hybridized carbons (Fsp3) is 0.333. The number of aromatic hydroxyl groups is 2. The first-order chi connectivity index (χ1) is 27.0. The van der Waals surface area contributed by atoms with E-state index >= 15 is 0 Å². The van der Waals surface area contributed by atoms with Gasteiger partial charge in [0.15, 0.2) is 0 Å². The summed E-state index contributed by atoms with van der Waals surface area (Å²) < 4.78 is 165. The molecule has 0 fully saturated rings. The lowest BCUT2D eigenvalue weighted by atomic mass is 9.91. The average Bonchev–Trinajstić information content (AvgIpc) is 3.11. The molecule has 0 atom stereocenters. The second-order valence-electron chi connectivity index (χ2n) is 13.0. The fourth-order valence-corrected chi connectivity index (χ4v) is 8.78. The molecule has 6 N–H and O–H groups in total. The molecule has 8 bridgehead atoms. The van der Waals surface area contributed by atoms with Gasteiger partial charge in [-0.15, -0.1) is 0 Å². The number of hydrogen-bond acceptors (Lipinski definition) is 14. The Morgan fingerprint density at radius 2 is 0.638 bits per heavy atom. The standard InChI is InChI=1S/C36H40O18S4/c1-3-51-5-7-53-35-25-9-21-13-29(55(39,40)41)15-23(33(21)37)11-27-19-32(58(48,49)50)20-28(36(27)54-8-6-52-4-2)12-24-16-30(56(42,43)44)14-22(34(24)38)10-26(35)18-31(17-25)57(45,46)47/h13-20,37-38H,3-12H2,1-2H3,(H,39,40,41)(H,42,43,44)(H,45,46,47)(H,48,49,50). The molecule has 1 aliphatic rings. The first-order valence-corrected chi connectivity index (χ1v) is 23.1. The van der Waals surface area contributed by atoms with Crippen LogP contribution in [0.2, 0.25) is 0 Å². The van der Waals surface area contributed by atoms with Gasteiger partial charge in [0.2, 0.25) is 0 Å². The predicted molar refractivity (Wildman–Crippen MR) is 204 cm³/mol. The molecule has 0 radical (unpaired) electrons. The van der Waals surface area contributed by atoms with Gasteiger partial charge in [-0.1, -0.05) is 0 Å². The zero-order valence-electron chi connectivity index (χ0n) is 30.9. The van der Waals surface area contributed by atoms with E-state index in [9.17, 15) is 62.1 Å². The molecule has 316 valence electrons. The van der Waals surface area contributed by atoms with Crippen LogP contribution >= 0.6 is 0 Å². The molecule has 4 aromatic rings. The Morgan fingerprint density at radius 3 is 0.845 bits per heavy atom. The minimum absolute atomic E-state index is 0.00890. The van der Waals surface area contributed by atoms with Gasteiger partial charge >= 0.3 is 0 Å². The maximum atomic E-state index is 12.6. The summed E-state index contributed by atoms with van der Waals surface area (Å²) >= 11 is 0. The van der Waals surface area contributed by atoms with Crippen LogP contribution < -0.4 is 9.47 Å². The lowest BCUT2D eigenvalue weighted by Crippen LogP contribution is -2.13. The Bertz CT molecular complexity index is 2390. The quantitative estimate of drug-likeness (QED) is 0.0686. The fourth-order valence-electron chi connectivity index (χ4n) is 6.45. The van der Waals surface area contributed by atoms with Crippen LogP contribution in [0.25, 0.3) is 0 Å². The van der Waals surface area contributed by atoms with Gasteiger partial charge < -0.3 is 29.2 Å². The Hall–Kier alpha value is -4.36. The molecule has 1 aliphatic carbocycles. The number of benzene rings is 4. The second-order valence-corrected chi connectivity index (χ2v) is 18.7. The summed E-state index contributed by atoms with van der Waals surface area (Å²) in [5.74, 6) is -1.41. The molecular weight excluding hydrogens is 849 g/mol. The summed E-state index contributed by atoms with van der Waals surface area (Å²) in [6, 6.07) is 7.49. The number of phenols is 2. The summed E-state index contributed by atoms with van der Waals surface area (Å²) in [5.41, 5.74) is -1.34. The van der Waals surface area contributed by atoms with Crippen LogP contribution in [0, 0.1) is 0 Å². The van der Waals surface area contributed by atoms with E-state index in [1.165, 1.54) is 0 Å². The van der Waals surface area contributed by atoms with Gasteiger partial charge in [-0.2, -0.15) is 33.7 Å². The van der Waals surface area contributed by atoms with Crippen molar-refractivity contribution in [1.82, 2.24) is 0 Å². The first-order valence-electron chi connectivity index (χ1n) is 17.3. The molecule has 0 heterocycles. The van der Waals surface area contributed by atoms with Crippen LogP contribution in [0.3, 0.4) is 0 Å². The molecule has 0 saturated heterocycles. The molecule has 5 rings (SSSR count). The molecule has 0 saturated carbocycles. The summed E-state index contributed by atoms with van der Waals surface area (Å²) in [6.07, 6.45) is -2.23. The van der Waals surface area contributed by atoms with Gasteiger partial charge in [-0.25, -0.2) is 0 Å². The second kappa shape index (κ2) is 17.5. The van der Waals surface area contributed by atoms with Crippen molar-refractivity contribution in [3.05, 3.63) is 93.0 Å². The summed E-state index contributed by atoms with van der Waals surface area (Å²) in [6.45, 7) is 3.69. The molecule has 4 aromatic carbocycles. The minimum atomic E-state index is -5.02. The Kier molecular flexibility index (Phi) is 13.5. The number of ether oxygens (including phenoxy) is 4. The van der Waals surface area contributed by atoms with E-state index in [0.717, 1.165) is 48.5 Å². The lowest BCUT2D eigenvalue weighted by molar-refractivity contribution is 0.109. The van der Waals surface area contributed by atoms with Crippen molar-refractivity contribution >= 4 is 40.5 Å². The van der Waals surface area contributed by atoms with Gasteiger partial charge in [-0.05, 0) is 62.4 Å². The molecule has 0 unspecified atom stereocenters. The molecule has 0 aromatic heterocycles. The van der Waals surface area contributed by atoms with E-state index in [0.29, 0.717) is 0 Å². The van der Waals surface area contributed by atoms with Crippen molar-refractivity contribution in [2.24, 2.45) is 0 Å². The third kappa shape index (κ3) is 10.6. The van der Waals surface area contributed by atoms with E-state index in [2.05, 4.69) is 0 Å². The Balaban J connectivity index is 1.94. The van der Waals surface area contributed by atoms with Crippen LogP contribution in [0.15, 0.2) is 68.1 Å². The van der Waals surface area contributed by atoms with Crippen molar-refractivity contribution in [3.63, 3.8) is 0 Å². The summed E-state index contributed by atoms with van der Waals surface area (Å²) in [7, 11) is -20.1. The van der Waals surface area contributed by atoms with Gasteiger partial charge in [0.1, 0.15) is 36.2 Å². The number of hydrogen-bond donors (Lipinski definition) is 6. The molecule has 0 aliphatic heterocycles. The van der Waals surface area contributed by atoms with Gasteiger partial charge in [0.05, 0.1) is 32.8 Å². The van der Waals surface area contributed by atoms with Crippen LogP contribution in [-0.4, -0.2) is 102 Å². The van der Waals surface area contributed by atoms with Crippen molar-refractivity contribution in [2.45, 2.75) is 59.1 Å². The monoisotopic (exact) mass is 888 g/mol. The third-order valence-electron chi connectivity index (χ3n) is 8.99. The minimum Gasteiger partial charge on any atom is -0.507 e. The maximum absolute atomic E-state index is 12.6. The Morgan fingerprint density at radius 1 is 0.414 bits per heavy atom. The predicted octanol–water partition coefficient (Wildman–Crippen LogP) is 3.59. The number of fused-ring (bicyclic) bond motifs is 8. The van der Waals surface area contributed by atoms with E-state index in [1.54, 1.807) is 13.8 Å². The smallest absolute Gasteiger partial charge is 0.294 e. The lowest BCUT2D eigenvalue weighted by Gasteiger charge is -2.22. The van der Waals surface area contributed by atoms with E-state index in [4.69, 9.17) is 18.9 Å². The normalized spacial score (nSPS) is 13.6. The summed E-state index contributed by atoms with van der Waals surface area (Å²) in [4.78, 5) is -2.89. The van der Waals surface area contributed by atoms with Crippen LogP contribution in [0.5, 0.6) is 23.0 Å². The third-order valence-corrected chi connectivity index (χ3v) is 12.3. The van der Waals surface area contributed by atoms with Crippen molar-refractivity contribution in [2.75, 3.05) is 39.6 Å². The number of phenolic OH excluding ortho intramolecular Hbond substituents is 2. The molecule has 58 heavy (non-hydrogen) atoms. The van der Waals surface area contributed by atoms with Gasteiger partial charge in [0.25, 0.3) is 40.5 Å². The molecule has 22 heteroatoms.